The van der Waals surface area contributed by atoms with Gasteiger partial charge in [-0.15, -0.1) is 11.8 Å². The van der Waals surface area contributed by atoms with Gasteiger partial charge < -0.3 is 16.4 Å². The Kier molecular flexibility index (Phi) is 7.26. The minimum absolute atomic E-state index is 0.0338. The molecule has 1 atom stereocenters. The SMILES string of the molecule is NC(=O)CSCC(=O)NCC(N1CCNCC1)C(F)(F)F. The molecule has 1 fully saturated rings. The summed E-state index contributed by atoms with van der Waals surface area (Å²) in [6, 6.07) is -1.69. The molecule has 10 heteroatoms. The van der Waals surface area contributed by atoms with E-state index in [9.17, 15) is 22.8 Å². The molecule has 0 saturated carbocycles. The van der Waals surface area contributed by atoms with Gasteiger partial charge >= 0.3 is 6.18 Å². The minimum atomic E-state index is -4.40. The fourth-order valence-electron chi connectivity index (χ4n) is 1.95. The van der Waals surface area contributed by atoms with Gasteiger partial charge in [0.25, 0.3) is 0 Å². The van der Waals surface area contributed by atoms with Gasteiger partial charge in [0.1, 0.15) is 6.04 Å². The molecule has 1 unspecified atom stereocenters. The maximum Gasteiger partial charge on any atom is 0.405 e. The molecule has 1 heterocycles. The van der Waals surface area contributed by atoms with Crippen LogP contribution >= 0.6 is 11.8 Å². The van der Waals surface area contributed by atoms with Crippen LogP contribution in [0.2, 0.25) is 0 Å². The van der Waals surface area contributed by atoms with Crippen LogP contribution in [0.1, 0.15) is 0 Å². The molecule has 1 aliphatic heterocycles. The van der Waals surface area contributed by atoms with E-state index in [1.54, 1.807) is 0 Å². The van der Waals surface area contributed by atoms with Gasteiger partial charge in [0, 0.05) is 32.7 Å². The fraction of sp³-hybridized carbons (Fsp3) is 0.818. The molecular formula is C11H19F3N4O2S. The summed E-state index contributed by atoms with van der Waals surface area (Å²) in [6.07, 6.45) is -4.40. The number of piperazine rings is 1. The van der Waals surface area contributed by atoms with Crippen molar-refractivity contribution in [2.24, 2.45) is 5.73 Å². The first kappa shape index (κ1) is 18.1. The molecule has 2 amide bonds. The zero-order valence-corrected chi connectivity index (χ0v) is 12.2. The number of thioether (sulfide) groups is 1. The third kappa shape index (κ3) is 7.00. The first-order valence-corrected chi connectivity index (χ1v) is 7.60. The van der Waals surface area contributed by atoms with Crippen molar-refractivity contribution in [2.45, 2.75) is 12.2 Å². The number of amides is 2. The van der Waals surface area contributed by atoms with E-state index in [-0.39, 0.29) is 24.6 Å². The minimum Gasteiger partial charge on any atom is -0.369 e. The largest absolute Gasteiger partial charge is 0.405 e. The van der Waals surface area contributed by atoms with Gasteiger partial charge in [-0.1, -0.05) is 0 Å². The number of halogens is 3. The standard InChI is InChI=1S/C11H19F3N4O2S/c12-11(13,14)8(18-3-1-16-2-4-18)5-17-10(20)7-21-6-9(15)19/h8,16H,1-7H2,(H2,15,19)(H,17,20). The molecule has 1 rings (SSSR count). The molecule has 0 aromatic heterocycles. The van der Waals surface area contributed by atoms with Crippen molar-refractivity contribution < 1.29 is 22.8 Å². The molecule has 1 aliphatic rings. The first-order chi connectivity index (χ1) is 9.80. The fourth-order valence-corrected chi connectivity index (χ4v) is 2.54. The monoisotopic (exact) mass is 328 g/mol. The van der Waals surface area contributed by atoms with Gasteiger partial charge in [0.05, 0.1) is 11.5 Å². The molecule has 0 aromatic carbocycles. The highest BCUT2D eigenvalue weighted by atomic mass is 32.2. The molecule has 0 radical (unpaired) electrons. The molecule has 21 heavy (non-hydrogen) atoms. The molecule has 0 aromatic rings. The van der Waals surface area contributed by atoms with Gasteiger partial charge in [-0.05, 0) is 0 Å². The van der Waals surface area contributed by atoms with E-state index in [2.05, 4.69) is 10.6 Å². The highest BCUT2D eigenvalue weighted by Crippen LogP contribution is 2.24. The van der Waals surface area contributed by atoms with Crippen LogP contribution in [0.5, 0.6) is 0 Å². The van der Waals surface area contributed by atoms with Gasteiger partial charge in [0.2, 0.25) is 11.8 Å². The van der Waals surface area contributed by atoms with Crippen molar-refractivity contribution in [3.63, 3.8) is 0 Å². The number of nitrogens with two attached hydrogens (primary N) is 1. The van der Waals surface area contributed by atoms with Crippen LogP contribution in [0.3, 0.4) is 0 Å². The van der Waals surface area contributed by atoms with Gasteiger partial charge in [0.15, 0.2) is 0 Å². The smallest absolute Gasteiger partial charge is 0.369 e. The molecule has 6 nitrogen and oxygen atoms in total. The van der Waals surface area contributed by atoms with Crippen LogP contribution in [0.25, 0.3) is 0 Å². The van der Waals surface area contributed by atoms with E-state index >= 15 is 0 Å². The third-order valence-corrected chi connectivity index (χ3v) is 3.90. The number of alkyl halides is 3. The Hall–Kier alpha value is -1.00. The second-order valence-corrected chi connectivity index (χ2v) is 5.59. The number of hydrogen-bond donors (Lipinski definition) is 3. The number of primary amides is 1. The molecule has 0 spiro atoms. The van der Waals surface area contributed by atoms with E-state index < -0.39 is 30.6 Å². The van der Waals surface area contributed by atoms with Crippen molar-refractivity contribution in [2.75, 3.05) is 44.2 Å². The Labute approximate surface area is 125 Å². The van der Waals surface area contributed by atoms with Gasteiger partial charge in [-0.2, -0.15) is 13.2 Å². The molecule has 4 N–H and O–H groups in total. The van der Waals surface area contributed by atoms with Crippen LogP contribution in [-0.4, -0.2) is 73.2 Å². The van der Waals surface area contributed by atoms with Crippen molar-refractivity contribution >= 4 is 23.6 Å². The molecule has 122 valence electrons. The average Bonchev–Trinajstić information content (AvgIpc) is 2.38. The Morgan fingerprint density at radius 1 is 1.29 bits per heavy atom. The predicted octanol–water partition coefficient (Wildman–Crippen LogP) is -0.843. The Morgan fingerprint density at radius 3 is 2.43 bits per heavy atom. The summed E-state index contributed by atoms with van der Waals surface area (Å²) in [4.78, 5) is 23.3. The number of hydrogen-bond acceptors (Lipinski definition) is 5. The average molecular weight is 328 g/mol. The highest BCUT2D eigenvalue weighted by molar-refractivity contribution is 8.00. The molecule has 0 aliphatic carbocycles. The summed E-state index contributed by atoms with van der Waals surface area (Å²) in [5, 5.41) is 5.25. The number of nitrogens with zero attached hydrogens (tertiary/aromatic N) is 1. The van der Waals surface area contributed by atoms with E-state index in [4.69, 9.17) is 5.73 Å². The van der Waals surface area contributed by atoms with Gasteiger partial charge in [-0.25, -0.2) is 0 Å². The first-order valence-electron chi connectivity index (χ1n) is 6.45. The van der Waals surface area contributed by atoms with Crippen molar-refractivity contribution in [3.05, 3.63) is 0 Å². The van der Waals surface area contributed by atoms with E-state index in [0.29, 0.717) is 13.1 Å². The Bertz CT molecular complexity index is 362. The molecular weight excluding hydrogens is 309 g/mol. The maximum absolute atomic E-state index is 13.0. The number of carbonyl (C=O) groups excluding carboxylic acids is 2. The van der Waals surface area contributed by atoms with Crippen LogP contribution in [0.15, 0.2) is 0 Å². The lowest BCUT2D eigenvalue weighted by Crippen LogP contribution is -2.57. The Morgan fingerprint density at radius 2 is 1.90 bits per heavy atom. The summed E-state index contributed by atoms with van der Waals surface area (Å²) in [5.74, 6) is -1.23. The summed E-state index contributed by atoms with van der Waals surface area (Å²) in [5.41, 5.74) is 4.90. The van der Waals surface area contributed by atoms with Crippen molar-refractivity contribution in [3.8, 4) is 0 Å². The normalized spacial score (nSPS) is 18.2. The van der Waals surface area contributed by atoms with Crippen LogP contribution in [0, 0.1) is 0 Å². The quantitative estimate of drug-likeness (QED) is 0.567. The van der Waals surface area contributed by atoms with Crippen molar-refractivity contribution in [1.29, 1.82) is 0 Å². The van der Waals surface area contributed by atoms with E-state index in [1.807, 2.05) is 0 Å². The summed E-state index contributed by atoms with van der Waals surface area (Å²) >= 11 is 0.973. The highest BCUT2D eigenvalue weighted by Gasteiger charge is 2.43. The van der Waals surface area contributed by atoms with E-state index in [0.717, 1.165) is 11.8 Å². The second-order valence-electron chi connectivity index (χ2n) is 4.61. The number of carbonyl (C=O) groups is 2. The summed E-state index contributed by atoms with van der Waals surface area (Å²) in [6.45, 7) is 1.08. The van der Waals surface area contributed by atoms with Gasteiger partial charge in [-0.3, -0.25) is 14.5 Å². The lowest BCUT2D eigenvalue weighted by atomic mass is 10.2. The Balaban J connectivity index is 2.42. The zero-order valence-electron chi connectivity index (χ0n) is 11.4. The zero-order chi connectivity index (χ0) is 15.9. The van der Waals surface area contributed by atoms with Crippen LogP contribution < -0.4 is 16.4 Å². The lowest BCUT2D eigenvalue weighted by molar-refractivity contribution is -0.183. The van der Waals surface area contributed by atoms with Crippen molar-refractivity contribution in [1.82, 2.24) is 15.5 Å². The predicted molar refractivity (Wildman–Crippen MR) is 73.8 cm³/mol. The third-order valence-electron chi connectivity index (χ3n) is 2.94. The summed E-state index contributed by atoms with van der Waals surface area (Å²) < 4.78 is 39.1. The maximum atomic E-state index is 13.0. The molecule has 0 bridgehead atoms. The second kappa shape index (κ2) is 8.44. The van der Waals surface area contributed by atoms with Crippen LogP contribution in [0.4, 0.5) is 13.2 Å². The van der Waals surface area contributed by atoms with E-state index in [1.165, 1.54) is 4.90 Å². The lowest BCUT2D eigenvalue weighted by Gasteiger charge is -2.35. The molecule has 1 saturated heterocycles. The summed E-state index contributed by atoms with van der Waals surface area (Å²) in [7, 11) is 0. The topological polar surface area (TPSA) is 87.5 Å². The van der Waals surface area contributed by atoms with Crippen LogP contribution in [-0.2, 0) is 9.59 Å². The number of nitrogens with one attached hydrogen (secondary N) is 2. The number of rotatable bonds is 7.